The van der Waals surface area contributed by atoms with Gasteiger partial charge in [-0.1, -0.05) is 0 Å². The number of fused-ring (bicyclic) bond motifs is 1. The minimum Gasteiger partial charge on any atom is -0.427 e. The van der Waals surface area contributed by atoms with E-state index in [1.54, 1.807) is 14.0 Å². The molecule has 2 saturated heterocycles. The number of ether oxygens (including phenoxy) is 4. The summed E-state index contributed by atoms with van der Waals surface area (Å²) in [6.45, 7) is 1.60. The molecule has 7 N–H and O–H groups in total. The van der Waals surface area contributed by atoms with Crippen LogP contribution < -0.4 is 0 Å². The van der Waals surface area contributed by atoms with Crippen LogP contribution in [-0.4, -0.2) is 116 Å². The first-order valence-electron chi connectivity index (χ1n) is 11.8. The molecule has 2 aliphatic carbocycles. The van der Waals surface area contributed by atoms with Crippen molar-refractivity contribution < 1.29 is 49.6 Å². The largest absolute Gasteiger partial charge is 0.427 e. The van der Waals surface area contributed by atoms with Crippen LogP contribution in [0.3, 0.4) is 0 Å². The summed E-state index contributed by atoms with van der Waals surface area (Å²) in [5, 5.41) is 61.9. The second kappa shape index (κ2) is 10.1. The van der Waals surface area contributed by atoms with Crippen molar-refractivity contribution in [3.63, 3.8) is 0 Å². The van der Waals surface area contributed by atoms with Crippen LogP contribution in [0.2, 0.25) is 0 Å². The molecule has 0 spiro atoms. The van der Waals surface area contributed by atoms with E-state index in [1.165, 1.54) is 0 Å². The van der Waals surface area contributed by atoms with E-state index in [0.29, 0.717) is 25.7 Å². The fourth-order valence-corrected chi connectivity index (χ4v) is 6.07. The van der Waals surface area contributed by atoms with Crippen LogP contribution in [0.5, 0.6) is 0 Å². The van der Waals surface area contributed by atoms with Crippen molar-refractivity contribution in [2.24, 2.45) is 11.8 Å². The molecule has 0 aromatic heterocycles. The average Bonchev–Trinajstić information content (AvgIpc) is 2.75. The van der Waals surface area contributed by atoms with E-state index in [-0.39, 0.29) is 36.6 Å². The highest BCUT2D eigenvalue weighted by Crippen LogP contribution is 2.42. The number of aliphatic hydroxyl groups excluding tert-OH is 6. The van der Waals surface area contributed by atoms with E-state index < -0.39 is 55.1 Å². The average molecular weight is 464 g/mol. The summed E-state index contributed by atoms with van der Waals surface area (Å²) in [4.78, 5) is 0. The standard InChI is InChI=1S/C22H38O10/c1-9-18(26)19(27)20(28)22(30-9)32-17-8-12-13(24)6-11(23)7-16(12)31-21(17)10-3-4-15(29-2)14(25)5-10/h9-28H,3-8H2,1-2H3/p+1/t9-,10?,11?,12?,13?,14?,15?,16?,17?,18-,19+,20+,21?,22-/m0/s1. The molecule has 10 nitrogen and oxygen atoms in total. The lowest BCUT2D eigenvalue weighted by Gasteiger charge is -2.48. The van der Waals surface area contributed by atoms with Crippen LogP contribution in [0, 0.1) is 11.8 Å². The number of hydrogen-bond acceptors (Lipinski definition) is 9. The number of hydrogen-bond donors (Lipinski definition) is 6. The minimum atomic E-state index is -1.42. The summed E-state index contributed by atoms with van der Waals surface area (Å²) >= 11 is 0. The molecule has 4 rings (SSSR count). The molecule has 14 atom stereocenters. The Morgan fingerprint density at radius 1 is 0.812 bits per heavy atom. The van der Waals surface area contributed by atoms with Crippen LogP contribution in [0.25, 0.3) is 0 Å². The summed E-state index contributed by atoms with van der Waals surface area (Å²) in [6.07, 6.45) is -5.93. The molecule has 4 aliphatic rings. The summed E-state index contributed by atoms with van der Waals surface area (Å²) in [5.41, 5.74) is 0. The molecule has 186 valence electrons. The maximum absolute atomic E-state index is 10.6. The topological polar surface area (TPSA) is 162 Å². The molecule has 10 heteroatoms. The van der Waals surface area contributed by atoms with E-state index in [1.807, 2.05) is 0 Å². The van der Waals surface area contributed by atoms with Crippen molar-refractivity contribution in [3.8, 4) is 0 Å². The maximum Gasteiger partial charge on any atom is 0.187 e. The smallest absolute Gasteiger partial charge is 0.187 e. The second-order valence-corrected chi connectivity index (χ2v) is 10.1. The molecule has 0 radical (unpaired) electrons. The van der Waals surface area contributed by atoms with Gasteiger partial charge in [-0.05, 0) is 32.6 Å². The van der Waals surface area contributed by atoms with Crippen LogP contribution in [0.1, 0.15) is 45.4 Å². The normalized spacial score (nSPS) is 54.8. The van der Waals surface area contributed by atoms with Gasteiger partial charge in [0.15, 0.2) is 18.5 Å². The summed E-state index contributed by atoms with van der Waals surface area (Å²) < 4.78 is 22.2. The fraction of sp³-hybridized carbons (Fsp3) is 1.00. The third-order valence-electron chi connectivity index (χ3n) is 7.96. The van der Waals surface area contributed by atoms with Gasteiger partial charge in [-0.2, -0.15) is 0 Å². The molecule has 0 aromatic carbocycles. The molecular formula is C22H39O10+. The number of methoxy groups -OCH3 is 1. The first-order chi connectivity index (χ1) is 15.2. The van der Waals surface area contributed by atoms with Gasteiger partial charge in [0, 0.05) is 25.9 Å². The zero-order chi connectivity index (χ0) is 23.2. The van der Waals surface area contributed by atoms with Gasteiger partial charge in [-0.15, -0.1) is 0 Å². The highest BCUT2D eigenvalue weighted by molar-refractivity contribution is 4.98. The first kappa shape index (κ1) is 24.7. The highest BCUT2D eigenvalue weighted by Gasteiger charge is 2.54. The van der Waals surface area contributed by atoms with Crippen molar-refractivity contribution in [3.05, 3.63) is 0 Å². The second-order valence-electron chi connectivity index (χ2n) is 10.1. The summed E-state index contributed by atoms with van der Waals surface area (Å²) in [6, 6.07) is 0. The third-order valence-corrected chi connectivity index (χ3v) is 7.96. The van der Waals surface area contributed by atoms with Gasteiger partial charge < -0.3 is 49.6 Å². The molecule has 4 fully saturated rings. The molecule has 2 aliphatic heterocycles. The lowest BCUT2D eigenvalue weighted by atomic mass is 9.72. The van der Waals surface area contributed by atoms with E-state index >= 15 is 0 Å². The quantitative estimate of drug-likeness (QED) is 0.264. The van der Waals surface area contributed by atoms with Gasteiger partial charge in [-0.25, -0.2) is 0 Å². The van der Waals surface area contributed by atoms with Crippen molar-refractivity contribution in [1.29, 1.82) is 0 Å². The zero-order valence-electron chi connectivity index (χ0n) is 18.7. The number of aliphatic hydroxyl groups is 8. The molecular weight excluding hydrogens is 424 g/mol. The first-order valence-corrected chi connectivity index (χ1v) is 11.8. The SMILES string of the molecule is COC1CCC(C2[OH+]C3CC(O)CC(O)C3CC2O[C@@H]2O[C@@H](C)[C@H](O)[C@@H](O)[C@H]2O)CC1O. The Balaban J connectivity index is 1.53. The van der Waals surface area contributed by atoms with E-state index in [9.17, 15) is 30.6 Å². The molecule has 9 unspecified atom stereocenters. The number of rotatable bonds is 4. The van der Waals surface area contributed by atoms with Gasteiger partial charge in [0.25, 0.3) is 0 Å². The van der Waals surface area contributed by atoms with Crippen molar-refractivity contribution in [1.82, 2.24) is 0 Å². The highest BCUT2D eigenvalue weighted by atomic mass is 16.7. The Labute approximate surface area is 188 Å². The maximum atomic E-state index is 10.6. The minimum absolute atomic E-state index is 0.00670. The van der Waals surface area contributed by atoms with Crippen LogP contribution >= 0.6 is 0 Å². The predicted octanol–water partition coefficient (Wildman–Crippen LogP) is -1.82. The Morgan fingerprint density at radius 3 is 2.25 bits per heavy atom. The van der Waals surface area contributed by atoms with Crippen LogP contribution in [0.15, 0.2) is 0 Å². The van der Waals surface area contributed by atoms with Gasteiger partial charge >= 0.3 is 0 Å². The zero-order valence-corrected chi connectivity index (χ0v) is 18.7. The Hall–Kier alpha value is -0.400. The molecule has 32 heavy (non-hydrogen) atoms. The fourth-order valence-electron chi connectivity index (χ4n) is 6.07. The van der Waals surface area contributed by atoms with Crippen LogP contribution in [-0.2, 0) is 14.2 Å². The lowest BCUT2D eigenvalue weighted by Crippen LogP contribution is -2.62. The molecule has 2 heterocycles. The summed E-state index contributed by atoms with van der Waals surface area (Å²) in [5.74, 6) is -0.180. The van der Waals surface area contributed by atoms with Crippen molar-refractivity contribution >= 4 is 0 Å². The molecule has 0 bridgehead atoms. The van der Waals surface area contributed by atoms with Gasteiger partial charge in [0.2, 0.25) is 0 Å². The molecule has 0 amide bonds. The third kappa shape index (κ3) is 4.86. The van der Waals surface area contributed by atoms with Crippen molar-refractivity contribution in [2.75, 3.05) is 7.11 Å². The van der Waals surface area contributed by atoms with Gasteiger partial charge in [-0.3, -0.25) is 0 Å². The predicted molar refractivity (Wildman–Crippen MR) is 111 cm³/mol. The van der Waals surface area contributed by atoms with E-state index in [0.717, 1.165) is 6.42 Å². The van der Waals surface area contributed by atoms with E-state index in [2.05, 4.69) is 0 Å². The Morgan fingerprint density at radius 2 is 1.56 bits per heavy atom. The molecule has 2 saturated carbocycles. The van der Waals surface area contributed by atoms with Crippen molar-refractivity contribution in [2.45, 2.75) is 119 Å². The van der Waals surface area contributed by atoms with Gasteiger partial charge in [0.05, 0.1) is 36.4 Å². The van der Waals surface area contributed by atoms with Crippen LogP contribution in [0.4, 0.5) is 0 Å². The van der Waals surface area contributed by atoms with E-state index in [4.69, 9.17) is 18.9 Å². The molecule has 0 aromatic rings. The lowest BCUT2D eigenvalue weighted by molar-refractivity contribution is -0.353. The summed E-state index contributed by atoms with van der Waals surface area (Å²) in [7, 11) is 1.59. The monoisotopic (exact) mass is 463 g/mol. The Bertz CT molecular complexity index is 622. The Kier molecular flexibility index (Phi) is 7.78. The van der Waals surface area contributed by atoms with Gasteiger partial charge in [0.1, 0.15) is 24.4 Å².